The van der Waals surface area contributed by atoms with E-state index in [1.165, 1.54) is 17.7 Å². The predicted octanol–water partition coefficient (Wildman–Crippen LogP) is 1.39. The van der Waals surface area contributed by atoms with Crippen LogP contribution < -0.4 is 4.74 Å². The molecular formula is C9H7N5OS. The number of nitrogens with zero attached hydrogens (tertiary/aromatic N) is 4. The number of rotatable bonds is 3. The van der Waals surface area contributed by atoms with Gasteiger partial charge < -0.3 is 9.72 Å². The third-order valence-electron chi connectivity index (χ3n) is 2.03. The van der Waals surface area contributed by atoms with Gasteiger partial charge in [0, 0.05) is 5.38 Å². The quantitative estimate of drug-likeness (QED) is 0.739. The van der Waals surface area contributed by atoms with Crippen LogP contribution in [0.3, 0.4) is 0 Å². The summed E-state index contributed by atoms with van der Waals surface area (Å²) in [6.45, 7) is 0.397. The lowest BCUT2D eigenvalue weighted by Gasteiger charge is -2.02. The monoisotopic (exact) mass is 233 g/mol. The second-order valence-corrected chi connectivity index (χ2v) is 3.77. The molecule has 0 atom stereocenters. The lowest BCUT2D eigenvalue weighted by molar-refractivity contribution is 0.293. The van der Waals surface area contributed by atoms with Crippen molar-refractivity contribution in [3.8, 4) is 5.88 Å². The fourth-order valence-corrected chi connectivity index (χ4v) is 1.85. The minimum Gasteiger partial charge on any atom is -0.470 e. The van der Waals surface area contributed by atoms with E-state index in [-0.39, 0.29) is 0 Å². The molecule has 0 fully saturated rings. The van der Waals surface area contributed by atoms with Crippen LogP contribution in [0.1, 0.15) is 5.69 Å². The van der Waals surface area contributed by atoms with Crippen LogP contribution in [0.15, 0.2) is 23.5 Å². The SMILES string of the molecule is c1nc(OCc2cscn2)c2[nH]cnc2n1. The summed E-state index contributed by atoms with van der Waals surface area (Å²) in [6, 6.07) is 0. The van der Waals surface area contributed by atoms with Crippen molar-refractivity contribution in [2.24, 2.45) is 0 Å². The molecular weight excluding hydrogens is 226 g/mol. The van der Waals surface area contributed by atoms with Gasteiger partial charge in [0.25, 0.3) is 0 Å². The number of imidazole rings is 1. The van der Waals surface area contributed by atoms with Gasteiger partial charge in [0.05, 0.1) is 17.5 Å². The van der Waals surface area contributed by atoms with E-state index in [1.807, 2.05) is 5.38 Å². The van der Waals surface area contributed by atoms with E-state index in [9.17, 15) is 0 Å². The molecule has 0 aromatic carbocycles. The van der Waals surface area contributed by atoms with Crippen molar-refractivity contribution in [3.63, 3.8) is 0 Å². The molecule has 0 aliphatic rings. The molecule has 0 aliphatic heterocycles. The van der Waals surface area contributed by atoms with Crippen LogP contribution in [0.4, 0.5) is 0 Å². The zero-order valence-electron chi connectivity index (χ0n) is 8.12. The number of thiazole rings is 1. The van der Waals surface area contributed by atoms with E-state index in [0.29, 0.717) is 23.7 Å². The van der Waals surface area contributed by atoms with Crippen molar-refractivity contribution in [2.45, 2.75) is 6.61 Å². The number of aromatic nitrogens is 5. The number of nitrogens with one attached hydrogen (secondary N) is 1. The summed E-state index contributed by atoms with van der Waals surface area (Å²) in [7, 11) is 0. The molecule has 80 valence electrons. The average Bonchev–Trinajstić information content (AvgIpc) is 2.97. The Bertz CT molecular complexity index is 591. The maximum atomic E-state index is 5.54. The zero-order valence-corrected chi connectivity index (χ0v) is 8.94. The average molecular weight is 233 g/mol. The Hall–Kier alpha value is -2.02. The number of aromatic amines is 1. The molecule has 0 amide bonds. The molecule has 16 heavy (non-hydrogen) atoms. The molecule has 6 nitrogen and oxygen atoms in total. The van der Waals surface area contributed by atoms with Crippen LogP contribution in [0, 0.1) is 0 Å². The molecule has 3 rings (SSSR count). The minimum atomic E-state index is 0.397. The van der Waals surface area contributed by atoms with Crippen molar-refractivity contribution in [3.05, 3.63) is 29.2 Å². The fourth-order valence-electron chi connectivity index (χ4n) is 1.30. The van der Waals surface area contributed by atoms with Gasteiger partial charge in [0.1, 0.15) is 18.5 Å². The molecule has 0 unspecified atom stereocenters. The first kappa shape index (κ1) is 9.22. The first-order chi connectivity index (χ1) is 7.93. The number of H-pyrrole nitrogens is 1. The number of hydrogen-bond acceptors (Lipinski definition) is 6. The molecule has 3 aromatic rings. The molecule has 7 heteroatoms. The normalized spacial score (nSPS) is 10.8. The van der Waals surface area contributed by atoms with Gasteiger partial charge in [0.2, 0.25) is 5.88 Å². The van der Waals surface area contributed by atoms with E-state index < -0.39 is 0 Å². The van der Waals surface area contributed by atoms with Gasteiger partial charge in [0.15, 0.2) is 5.65 Å². The van der Waals surface area contributed by atoms with Crippen LogP contribution in [0.2, 0.25) is 0 Å². The molecule has 3 heterocycles. The van der Waals surface area contributed by atoms with Crippen molar-refractivity contribution in [1.29, 1.82) is 0 Å². The molecule has 0 bridgehead atoms. The summed E-state index contributed by atoms with van der Waals surface area (Å²) < 4.78 is 5.54. The van der Waals surface area contributed by atoms with E-state index in [0.717, 1.165) is 5.69 Å². The largest absolute Gasteiger partial charge is 0.470 e. The van der Waals surface area contributed by atoms with Crippen LogP contribution in [0.5, 0.6) is 5.88 Å². The Morgan fingerprint density at radius 1 is 1.25 bits per heavy atom. The van der Waals surface area contributed by atoms with Gasteiger partial charge in [-0.25, -0.2) is 15.0 Å². The Labute approximate surface area is 94.4 Å². The lowest BCUT2D eigenvalue weighted by Crippen LogP contribution is -1.98. The molecule has 0 saturated heterocycles. The highest BCUT2D eigenvalue weighted by Gasteiger charge is 2.07. The highest BCUT2D eigenvalue weighted by Crippen LogP contribution is 2.18. The van der Waals surface area contributed by atoms with Gasteiger partial charge in [-0.05, 0) is 0 Å². The molecule has 0 saturated carbocycles. The predicted molar refractivity (Wildman–Crippen MR) is 58.1 cm³/mol. The van der Waals surface area contributed by atoms with Crippen LogP contribution in [0.25, 0.3) is 11.2 Å². The topological polar surface area (TPSA) is 76.6 Å². The van der Waals surface area contributed by atoms with Gasteiger partial charge >= 0.3 is 0 Å². The van der Waals surface area contributed by atoms with Gasteiger partial charge in [-0.2, -0.15) is 4.98 Å². The third-order valence-corrected chi connectivity index (χ3v) is 2.66. The first-order valence-corrected chi connectivity index (χ1v) is 5.52. The maximum absolute atomic E-state index is 5.54. The van der Waals surface area contributed by atoms with E-state index >= 15 is 0 Å². The van der Waals surface area contributed by atoms with Gasteiger partial charge in [-0.15, -0.1) is 11.3 Å². The zero-order chi connectivity index (χ0) is 10.8. The van der Waals surface area contributed by atoms with Crippen molar-refractivity contribution in [2.75, 3.05) is 0 Å². The molecule has 3 aromatic heterocycles. The third kappa shape index (κ3) is 1.61. The van der Waals surface area contributed by atoms with Crippen LogP contribution >= 0.6 is 11.3 Å². The van der Waals surface area contributed by atoms with Crippen molar-refractivity contribution >= 4 is 22.5 Å². The summed E-state index contributed by atoms with van der Waals surface area (Å²) in [6.07, 6.45) is 2.99. The summed E-state index contributed by atoms with van der Waals surface area (Å²) in [5, 5.41) is 1.94. The van der Waals surface area contributed by atoms with Gasteiger partial charge in [-0.3, -0.25) is 0 Å². The maximum Gasteiger partial charge on any atom is 0.243 e. The lowest BCUT2D eigenvalue weighted by atomic mass is 10.5. The molecule has 0 spiro atoms. The molecule has 0 radical (unpaired) electrons. The highest BCUT2D eigenvalue weighted by atomic mass is 32.1. The fraction of sp³-hybridized carbons (Fsp3) is 0.111. The standard InChI is InChI=1S/C9H7N5OS/c1(6-2-16-5-14-6)15-9-7-8(11-3-10-7)12-4-13-9/h2-5H,1H2,(H,10,11,12,13). The van der Waals surface area contributed by atoms with E-state index in [1.54, 1.807) is 11.8 Å². The van der Waals surface area contributed by atoms with Gasteiger partial charge in [-0.1, -0.05) is 0 Å². The molecule has 0 aliphatic carbocycles. The summed E-state index contributed by atoms with van der Waals surface area (Å²) >= 11 is 1.54. The number of hydrogen-bond donors (Lipinski definition) is 1. The van der Waals surface area contributed by atoms with E-state index in [2.05, 4.69) is 24.9 Å². The summed E-state index contributed by atoms with van der Waals surface area (Å²) in [5.74, 6) is 0.496. The number of ether oxygens (including phenoxy) is 1. The first-order valence-electron chi connectivity index (χ1n) is 4.57. The second kappa shape index (κ2) is 3.86. The smallest absolute Gasteiger partial charge is 0.243 e. The minimum absolute atomic E-state index is 0.397. The Morgan fingerprint density at radius 2 is 2.25 bits per heavy atom. The number of fused-ring (bicyclic) bond motifs is 1. The highest BCUT2D eigenvalue weighted by molar-refractivity contribution is 7.07. The Kier molecular flexibility index (Phi) is 2.22. The second-order valence-electron chi connectivity index (χ2n) is 3.05. The van der Waals surface area contributed by atoms with Crippen LogP contribution in [-0.4, -0.2) is 24.9 Å². The van der Waals surface area contributed by atoms with E-state index in [4.69, 9.17) is 4.74 Å². The Morgan fingerprint density at radius 3 is 3.12 bits per heavy atom. The molecule has 1 N–H and O–H groups in total. The van der Waals surface area contributed by atoms with Crippen molar-refractivity contribution < 1.29 is 4.74 Å². The Balaban J connectivity index is 1.86. The van der Waals surface area contributed by atoms with Crippen LogP contribution in [-0.2, 0) is 6.61 Å². The summed E-state index contributed by atoms with van der Waals surface area (Å²) in [4.78, 5) is 19.1. The van der Waals surface area contributed by atoms with Crippen molar-refractivity contribution in [1.82, 2.24) is 24.9 Å². The summed E-state index contributed by atoms with van der Waals surface area (Å²) in [5.41, 5.74) is 3.96.